The molecule has 25 heavy (non-hydrogen) atoms. The first kappa shape index (κ1) is 17.7. The van der Waals surface area contributed by atoms with E-state index in [2.05, 4.69) is 0 Å². The van der Waals surface area contributed by atoms with E-state index in [1.165, 1.54) is 0 Å². The number of rotatable bonds is 5. The van der Waals surface area contributed by atoms with Crippen LogP contribution in [0.15, 0.2) is 65.6 Å². The molecule has 2 aromatic carbocycles. The maximum atomic E-state index is 13.4. The molecule has 0 radical (unpaired) electrons. The summed E-state index contributed by atoms with van der Waals surface area (Å²) in [5.74, 6) is -0.575. The van der Waals surface area contributed by atoms with Crippen LogP contribution in [0.4, 0.5) is 0 Å². The number of cyclic esters (lactones) is 1. The van der Waals surface area contributed by atoms with Crippen LogP contribution >= 0.6 is 0 Å². The van der Waals surface area contributed by atoms with E-state index in [1.807, 2.05) is 37.3 Å². The van der Waals surface area contributed by atoms with Gasteiger partial charge in [-0.3, -0.25) is 4.79 Å². The van der Waals surface area contributed by atoms with Crippen LogP contribution in [-0.4, -0.2) is 19.6 Å². The molecule has 5 heteroatoms. The van der Waals surface area contributed by atoms with Gasteiger partial charge in [0, 0.05) is 6.42 Å². The fourth-order valence-electron chi connectivity index (χ4n) is 3.56. The molecule has 2 aromatic rings. The fourth-order valence-corrected chi connectivity index (χ4v) is 5.68. The molecule has 0 aromatic heterocycles. The summed E-state index contributed by atoms with van der Waals surface area (Å²) >= 11 is 0. The lowest BCUT2D eigenvalue weighted by Gasteiger charge is -2.37. The van der Waals surface area contributed by atoms with Gasteiger partial charge in [-0.05, 0) is 30.0 Å². The van der Waals surface area contributed by atoms with Crippen molar-refractivity contribution in [2.24, 2.45) is 5.92 Å². The van der Waals surface area contributed by atoms with Gasteiger partial charge in [0.25, 0.3) is 0 Å². The quantitative estimate of drug-likeness (QED) is 0.760. The van der Waals surface area contributed by atoms with Crippen LogP contribution in [0.2, 0.25) is 0 Å². The molecule has 1 saturated heterocycles. The molecule has 0 amide bonds. The summed E-state index contributed by atoms with van der Waals surface area (Å²) in [5, 5.41) is -0.769. The summed E-state index contributed by atoms with van der Waals surface area (Å²) in [6, 6.07) is 17.6. The molecule has 0 spiro atoms. The molecular formula is C20H22O4S. The van der Waals surface area contributed by atoms with E-state index in [-0.39, 0.29) is 23.2 Å². The predicted molar refractivity (Wildman–Crippen MR) is 95.7 cm³/mol. The molecule has 3 rings (SSSR count). The molecule has 0 saturated carbocycles. The Kier molecular flexibility index (Phi) is 5.23. The second kappa shape index (κ2) is 7.40. The first-order valence-corrected chi connectivity index (χ1v) is 10.1. The lowest BCUT2D eigenvalue weighted by atomic mass is 9.88. The van der Waals surface area contributed by atoms with E-state index >= 15 is 0 Å². The van der Waals surface area contributed by atoms with E-state index in [4.69, 9.17) is 4.74 Å². The van der Waals surface area contributed by atoms with Crippen molar-refractivity contribution < 1.29 is 17.9 Å². The molecule has 1 aliphatic rings. The van der Waals surface area contributed by atoms with Crippen molar-refractivity contribution in [1.29, 1.82) is 0 Å². The van der Waals surface area contributed by atoms with Crippen molar-refractivity contribution in [3.05, 3.63) is 66.2 Å². The van der Waals surface area contributed by atoms with E-state index in [1.54, 1.807) is 30.3 Å². The van der Waals surface area contributed by atoms with Gasteiger partial charge in [-0.1, -0.05) is 61.9 Å². The molecule has 0 aliphatic carbocycles. The zero-order valence-corrected chi connectivity index (χ0v) is 15.0. The summed E-state index contributed by atoms with van der Waals surface area (Å²) in [6.07, 6.45) is 0.868. The third-order valence-electron chi connectivity index (χ3n) is 4.67. The van der Waals surface area contributed by atoms with Crippen molar-refractivity contribution >= 4 is 15.8 Å². The van der Waals surface area contributed by atoms with Gasteiger partial charge in [-0.2, -0.15) is 0 Å². The molecule has 4 nitrogen and oxygen atoms in total. The highest BCUT2D eigenvalue weighted by atomic mass is 32.2. The smallest absolute Gasteiger partial charge is 0.306 e. The molecule has 132 valence electrons. The number of benzene rings is 2. The molecule has 0 unspecified atom stereocenters. The van der Waals surface area contributed by atoms with Gasteiger partial charge in [0.1, 0.15) is 11.4 Å². The summed E-state index contributed by atoms with van der Waals surface area (Å²) in [6.45, 7) is 2.00. The van der Waals surface area contributed by atoms with Gasteiger partial charge >= 0.3 is 5.97 Å². The highest BCUT2D eigenvalue weighted by molar-refractivity contribution is 7.92. The average molecular weight is 358 g/mol. The molecule has 0 N–H and O–H groups in total. The van der Waals surface area contributed by atoms with Crippen molar-refractivity contribution in [2.45, 2.75) is 42.4 Å². The highest BCUT2D eigenvalue weighted by Gasteiger charge is 2.47. The topological polar surface area (TPSA) is 60.4 Å². The van der Waals surface area contributed by atoms with Crippen LogP contribution in [0, 0.1) is 5.92 Å². The van der Waals surface area contributed by atoms with Crippen LogP contribution in [0.1, 0.15) is 37.9 Å². The van der Waals surface area contributed by atoms with Crippen molar-refractivity contribution in [1.82, 2.24) is 0 Å². The number of ether oxygens (including phenoxy) is 1. The minimum absolute atomic E-state index is 0.147. The Bertz CT molecular complexity index is 815. The van der Waals surface area contributed by atoms with Crippen LogP contribution in [-0.2, 0) is 19.4 Å². The Balaban J connectivity index is 2.10. The Morgan fingerprint density at radius 2 is 1.60 bits per heavy atom. The third kappa shape index (κ3) is 3.61. The van der Waals surface area contributed by atoms with Crippen molar-refractivity contribution in [2.75, 3.05) is 0 Å². The standard InChI is InChI=1S/C20H22O4S/c1-2-9-16-14-18(21)24-19(15-10-5-3-6-11-15)20(16)25(22,23)17-12-7-4-8-13-17/h3-8,10-13,16,19-20H,2,9,14H2,1H3/t16-,19+,20+/m1/s1. The number of esters is 1. The largest absolute Gasteiger partial charge is 0.456 e. The summed E-state index contributed by atoms with van der Waals surface area (Å²) in [5.41, 5.74) is 0.723. The maximum absolute atomic E-state index is 13.4. The van der Waals surface area contributed by atoms with Crippen molar-refractivity contribution in [3.8, 4) is 0 Å². The fraction of sp³-hybridized carbons (Fsp3) is 0.350. The third-order valence-corrected chi connectivity index (χ3v) is 6.95. The summed E-state index contributed by atoms with van der Waals surface area (Å²) in [4.78, 5) is 12.4. The minimum Gasteiger partial charge on any atom is -0.456 e. The van der Waals surface area contributed by atoms with Gasteiger partial charge < -0.3 is 4.74 Å². The van der Waals surface area contributed by atoms with Gasteiger partial charge in [-0.15, -0.1) is 0 Å². The SMILES string of the molecule is CCC[C@@H]1CC(=O)O[C@@H](c2ccccc2)[C@H]1S(=O)(=O)c1ccccc1. The van der Waals surface area contributed by atoms with E-state index in [9.17, 15) is 13.2 Å². The van der Waals surface area contributed by atoms with Gasteiger partial charge in [0.05, 0.1) is 4.90 Å². The van der Waals surface area contributed by atoms with E-state index in [0.717, 1.165) is 12.0 Å². The zero-order valence-electron chi connectivity index (χ0n) is 14.2. The first-order chi connectivity index (χ1) is 12.0. The molecule has 1 heterocycles. The Labute approximate surface area is 148 Å². The Hall–Kier alpha value is -2.14. The molecule has 1 aliphatic heterocycles. The number of carbonyl (C=O) groups is 1. The van der Waals surface area contributed by atoms with Crippen LogP contribution in [0.5, 0.6) is 0 Å². The monoisotopic (exact) mass is 358 g/mol. The maximum Gasteiger partial charge on any atom is 0.306 e. The average Bonchev–Trinajstić information content (AvgIpc) is 2.63. The predicted octanol–water partition coefficient (Wildman–Crippen LogP) is 3.93. The molecule has 1 fully saturated rings. The molecule has 0 bridgehead atoms. The second-order valence-electron chi connectivity index (χ2n) is 6.40. The lowest BCUT2D eigenvalue weighted by molar-refractivity contribution is -0.156. The number of sulfone groups is 1. The highest BCUT2D eigenvalue weighted by Crippen LogP contribution is 2.41. The van der Waals surface area contributed by atoms with Crippen LogP contribution in [0.3, 0.4) is 0 Å². The molecule has 3 atom stereocenters. The van der Waals surface area contributed by atoms with Crippen LogP contribution < -0.4 is 0 Å². The summed E-state index contributed by atoms with van der Waals surface area (Å²) < 4.78 is 32.3. The van der Waals surface area contributed by atoms with Gasteiger partial charge in [0.15, 0.2) is 9.84 Å². The van der Waals surface area contributed by atoms with Crippen LogP contribution in [0.25, 0.3) is 0 Å². The normalized spacial score (nSPS) is 23.9. The second-order valence-corrected chi connectivity index (χ2v) is 8.50. The Morgan fingerprint density at radius 3 is 2.20 bits per heavy atom. The van der Waals surface area contributed by atoms with E-state index < -0.39 is 21.2 Å². The Morgan fingerprint density at radius 1 is 1.00 bits per heavy atom. The zero-order chi connectivity index (χ0) is 17.9. The van der Waals surface area contributed by atoms with Gasteiger partial charge in [-0.25, -0.2) is 8.42 Å². The lowest BCUT2D eigenvalue weighted by Crippen LogP contribution is -2.43. The minimum atomic E-state index is -3.63. The van der Waals surface area contributed by atoms with Crippen molar-refractivity contribution in [3.63, 3.8) is 0 Å². The van der Waals surface area contributed by atoms with Gasteiger partial charge in [0.2, 0.25) is 0 Å². The summed E-state index contributed by atoms with van der Waals surface area (Å²) in [7, 11) is -3.63. The van der Waals surface area contributed by atoms with E-state index in [0.29, 0.717) is 6.42 Å². The molecular weight excluding hydrogens is 336 g/mol. The first-order valence-electron chi connectivity index (χ1n) is 8.57. The number of hydrogen-bond acceptors (Lipinski definition) is 4. The number of carbonyl (C=O) groups excluding carboxylic acids is 1. The number of hydrogen-bond donors (Lipinski definition) is 0.